The van der Waals surface area contributed by atoms with Crippen molar-refractivity contribution in [1.29, 1.82) is 0 Å². The van der Waals surface area contributed by atoms with Gasteiger partial charge in [-0.3, -0.25) is 0 Å². The minimum atomic E-state index is -0.146. The van der Waals surface area contributed by atoms with Crippen LogP contribution in [0.4, 0.5) is 0 Å². The summed E-state index contributed by atoms with van der Waals surface area (Å²) < 4.78 is 10.5. The summed E-state index contributed by atoms with van der Waals surface area (Å²) in [7, 11) is 3.38. The second-order valence-electron chi connectivity index (χ2n) is 5.38. The quantitative estimate of drug-likeness (QED) is 0.710. The SMILES string of the molecule is COC(OC)C(C)NCC1(C)CCCCC1. The van der Waals surface area contributed by atoms with Crippen LogP contribution in [0.2, 0.25) is 0 Å². The Balaban J connectivity index is 2.31. The molecule has 0 radical (unpaired) electrons. The van der Waals surface area contributed by atoms with E-state index in [0.717, 1.165) is 6.54 Å². The van der Waals surface area contributed by atoms with E-state index in [1.807, 2.05) is 0 Å². The number of rotatable bonds is 6. The Labute approximate surface area is 99.9 Å². The van der Waals surface area contributed by atoms with Crippen LogP contribution in [0.25, 0.3) is 0 Å². The van der Waals surface area contributed by atoms with Crippen LogP contribution in [0.3, 0.4) is 0 Å². The molecule has 3 heteroatoms. The molecule has 0 aliphatic heterocycles. The van der Waals surface area contributed by atoms with Crippen LogP contribution in [-0.2, 0) is 9.47 Å². The van der Waals surface area contributed by atoms with Gasteiger partial charge in [0.15, 0.2) is 6.29 Å². The molecule has 1 aliphatic rings. The molecule has 0 aromatic carbocycles. The second-order valence-corrected chi connectivity index (χ2v) is 5.38. The topological polar surface area (TPSA) is 30.5 Å². The van der Waals surface area contributed by atoms with E-state index in [2.05, 4.69) is 19.2 Å². The smallest absolute Gasteiger partial charge is 0.171 e. The summed E-state index contributed by atoms with van der Waals surface area (Å²) >= 11 is 0. The highest BCUT2D eigenvalue weighted by molar-refractivity contribution is 4.82. The highest BCUT2D eigenvalue weighted by Crippen LogP contribution is 2.35. The maximum atomic E-state index is 5.25. The molecule has 0 amide bonds. The number of ether oxygens (including phenoxy) is 2. The molecule has 1 aliphatic carbocycles. The van der Waals surface area contributed by atoms with Gasteiger partial charge in [-0.15, -0.1) is 0 Å². The third kappa shape index (κ3) is 4.04. The van der Waals surface area contributed by atoms with Crippen LogP contribution in [-0.4, -0.2) is 33.1 Å². The van der Waals surface area contributed by atoms with E-state index in [1.54, 1.807) is 14.2 Å². The van der Waals surface area contributed by atoms with Crippen molar-refractivity contribution in [3.05, 3.63) is 0 Å². The van der Waals surface area contributed by atoms with Crippen molar-refractivity contribution in [3.8, 4) is 0 Å². The Morgan fingerprint density at radius 1 is 1.12 bits per heavy atom. The third-order valence-electron chi connectivity index (χ3n) is 3.78. The Hall–Kier alpha value is -0.120. The van der Waals surface area contributed by atoms with Crippen LogP contribution in [0.1, 0.15) is 46.0 Å². The molecule has 0 aromatic heterocycles. The molecule has 0 spiro atoms. The molecule has 1 unspecified atom stereocenters. The standard InChI is InChI=1S/C13H27NO2/c1-11(12(15-3)16-4)14-10-13(2)8-6-5-7-9-13/h11-12,14H,5-10H2,1-4H3. The first kappa shape index (κ1) is 13.9. The zero-order valence-electron chi connectivity index (χ0n) is 11.2. The zero-order chi connectivity index (χ0) is 12.0. The molecule has 96 valence electrons. The predicted molar refractivity (Wildman–Crippen MR) is 66.5 cm³/mol. The van der Waals surface area contributed by atoms with Crippen molar-refractivity contribution in [2.45, 2.75) is 58.3 Å². The van der Waals surface area contributed by atoms with Gasteiger partial charge in [0.2, 0.25) is 0 Å². The van der Waals surface area contributed by atoms with Crippen LogP contribution < -0.4 is 5.32 Å². The monoisotopic (exact) mass is 229 g/mol. The van der Waals surface area contributed by atoms with E-state index in [4.69, 9.17) is 9.47 Å². The Morgan fingerprint density at radius 2 is 1.69 bits per heavy atom. The van der Waals surface area contributed by atoms with Gasteiger partial charge in [0.05, 0.1) is 6.04 Å². The van der Waals surface area contributed by atoms with Crippen LogP contribution >= 0.6 is 0 Å². The fourth-order valence-corrected chi connectivity index (χ4v) is 2.59. The van der Waals surface area contributed by atoms with Gasteiger partial charge < -0.3 is 14.8 Å². The molecule has 0 bridgehead atoms. The van der Waals surface area contributed by atoms with Crippen molar-refractivity contribution in [2.24, 2.45) is 5.41 Å². The first-order valence-corrected chi connectivity index (χ1v) is 6.40. The van der Waals surface area contributed by atoms with Gasteiger partial charge in [-0.25, -0.2) is 0 Å². The molecule has 16 heavy (non-hydrogen) atoms. The fraction of sp³-hybridized carbons (Fsp3) is 1.00. The summed E-state index contributed by atoms with van der Waals surface area (Å²) in [6.45, 7) is 5.57. The van der Waals surface area contributed by atoms with E-state index >= 15 is 0 Å². The highest BCUT2D eigenvalue weighted by atomic mass is 16.7. The largest absolute Gasteiger partial charge is 0.354 e. The summed E-state index contributed by atoms with van der Waals surface area (Å²) in [5, 5.41) is 3.54. The lowest BCUT2D eigenvalue weighted by atomic mass is 9.75. The van der Waals surface area contributed by atoms with Crippen molar-refractivity contribution >= 4 is 0 Å². The van der Waals surface area contributed by atoms with Gasteiger partial charge in [0, 0.05) is 20.8 Å². The molecule has 1 saturated carbocycles. The Kier molecular flexibility index (Phi) is 5.73. The van der Waals surface area contributed by atoms with Gasteiger partial charge in [-0.1, -0.05) is 26.2 Å². The first-order valence-electron chi connectivity index (χ1n) is 6.40. The molecule has 1 rings (SSSR count). The number of hydrogen-bond donors (Lipinski definition) is 1. The van der Waals surface area contributed by atoms with Gasteiger partial charge >= 0.3 is 0 Å². The van der Waals surface area contributed by atoms with Crippen LogP contribution in [0, 0.1) is 5.41 Å². The molecule has 1 fully saturated rings. The molecular weight excluding hydrogens is 202 g/mol. The lowest BCUT2D eigenvalue weighted by Crippen LogP contribution is -2.44. The van der Waals surface area contributed by atoms with Gasteiger partial charge in [-0.05, 0) is 25.2 Å². The van der Waals surface area contributed by atoms with Crippen molar-refractivity contribution < 1.29 is 9.47 Å². The number of nitrogens with one attached hydrogen (secondary N) is 1. The number of hydrogen-bond acceptors (Lipinski definition) is 3. The summed E-state index contributed by atoms with van der Waals surface area (Å²) in [6.07, 6.45) is 6.71. The number of methoxy groups -OCH3 is 2. The lowest BCUT2D eigenvalue weighted by molar-refractivity contribution is -0.120. The molecule has 3 nitrogen and oxygen atoms in total. The normalized spacial score (nSPS) is 22.3. The van der Waals surface area contributed by atoms with Gasteiger partial charge in [-0.2, -0.15) is 0 Å². The first-order chi connectivity index (χ1) is 7.61. The maximum Gasteiger partial charge on any atom is 0.171 e. The van der Waals surface area contributed by atoms with Gasteiger partial charge in [0.1, 0.15) is 0 Å². The summed E-state index contributed by atoms with van der Waals surface area (Å²) in [5.41, 5.74) is 0.471. The van der Waals surface area contributed by atoms with E-state index in [-0.39, 0.29) is 12.3 Å². The summed E-state index contributed by atoms with van der Waals surface area (Å²) in [5.74, 6) is 0. The predicted octanol–water partition coefficient (Wildman–Crippen LogP) is 2.55. The van der Waals surface area contributed by atoms with Crippen LogP contribution in [0.5, 0.6) is 0 Å². The van der Waals surface area contributed by atoms with E-state index in [0.29, 0.717) is 5.41 Å². The second kappa shape index (κ2) is 6.58. The fourth-order valence-electron chi connectivity index (χ4n) is 2.59. The Bertz CT molecular complexity index is 186. The summed E-state index contributed by atoms with van der Waals surface area (Å²) in [4.78, 5) is 0. The van der Waals surface area contributed by atoms with Gasteiger partial charge in [0.25, 0.3) is 0 Å². The molecule has 0 aromatic rings. The van der Waals surface area contributed by atoms with Crippen molar-refractivity contribution in [2.75, 3.05) is 20.8 Å². The average Bonchev–Trinajstić information content (AvgIpc) is 2.29. The third-order valence-corrected chi connectivity index (χ3v) is 3.78. The van der Waals surface area contributed by atoms with E-state index in [9.17, 15) is 0 Å². The molecule has 0 heterocycles. The Morgan fingerprint density at radius 3 is 2.19 bits per heavy atom. The van der Waals surface area contributed by atoms with Crippen molar-refractivity contribution in [3.63, 3.8) is 0 Å². The van der Waals surface area contributed by atoms with Crippen molar-refractivity contribution in [1.82, 2.24) is 5.32 Å². The molecule has 0 saturated heterocycles. The molecule has 1 atom stereocenters. The minimum absolute atomic E-state index is 0.146. The average molecular weight is 229 g/mol. The molecule has 1 N–H and O–H groups in total. The minimum Gasteiger partial charge on any atom is -0.354 e. The summed E-state index contributed by atoms with van der Waals surface area (Å²) in [6, 6.07) is 0.244. The lowest BCUT2D eigenvalue weighted by Gasteiger charge is -2.35. The van der Waals surface area contributed by atoms with E-state index in [1.165, 1.54) is 32.1 Å². The maximum absolute atomic E-state index is 5.25. The van der Waals surface area contributed by atoms with Crippen LogP contribution in [0.15, 0.2) is 0 Å². The van der Waals surface area contributed by atoms with E-state index < -0.39 is 0 Å². The zero-order valence-corrected chi connectivity index (χ0v) is 11.2. The highest BCUT2D eigenvalue weighted by Gasteiger charge is 2.28. The molecular formula is C13H27NO2.